The third kappa shape index (κ3) is 2.50. The predicted molar refractivity (Wildman–Crippen MR) is 64.0 cm³/mol. The van der Waals surface area contributed by atoms with Crippen LogP contribution in [0.5, 0.6) is 0 Å². The summed E-state index contributed by atoms with van der Waals surface area (Å²) in [5, 5.41) is 0. The molecule has 1 aromatic carbocycles. The van der Waals surface area contributed by atoms with Gasteiger partial charge in [0, 0.05) is 27.4 Å². The molecular weight excluding hydrogens is 204 g/mol. The maximum absolute atomic E-state index is 5.87. The molecule has 76 valence electrons. The lowest BCUT2D eigenvalue weighted by Gasteiger charge is -2.04. The summed E-state index contributed by atoms with van der Waals surface area (Å²) in [4.78, 5) is 6.41. The Labute approximate surface area is 93.5 Å². The summed E-state index contributed by atoms with van der Waals surface area (Å²) in [5.74, 6) is 0. The van der Waals surface area contributed by atoms with Gasteiger partial charge in [-0.25, -0.2) is 0 Å². The van der Waals surface area contributed by atoms with E-state index in [2.05, 4.69) is 11.1 Å². The maximum Gasteiger partial charge on any atom is 0.0455 e. The minimum atomic E-state index is 0.817. The third-order valence-electron chi connectivity index (χ3n) is 2.01. The van der Waals surface area contributed by atoms with Gasteiger partial charge in [0.05, 0.1) is 0 Å². The second-order valence-corrected chi connectivity index (χ2v) is 4.39. The molecule has 2 N–H and O–H groups in total. The van der Waals surface area contributed by atoms with Crippen LogP contribution in [0.4, 0.5) is 5.69 Å². The van der Waals surface area contributed by atoms with Crippen LogP contribution < -0.4 is 5.73 Å². The summed E-state index contributed by atoms with van der Waals surface area (Å²) < 4.78 is 0. The smallest absolute Gasteiger partial charge is 0.0455 e. The Morgan fingerprint density at radius 1 is 1.20 bits per heavy atom. The molecule has 1 heterocycles. The summed E-state index contributed by atoms with van der Waals surface area (Å²) >= 11 is 1.66. The van der Waals surface area contributed by atoms with Gasteiger partial charge in [-0.05, 0) is 31.2 Å². The average Bonchev–Trinajstić information content (AvgIpc) is 2.22. The van der Waals surface area contributed by atoms with Gasteiger partial charge in [0.25, 0.3) is 0 Å². The van der Waals surface area contributed by atoms with Crippen molar-refractivity contribution in [2.24, 2.45) is 0 Å². The summed E-state index contributed by atoms with van der Waals surface area (Å²) in [6, 6.07) is 11.9. The Hall–Kier alpha value is -1.48. The highest BCUT2D eigenvalue weighted by atomic mass is 32.2. The monoisotopic (exact) mass is 216 g/mol. The SMILES string of the molecule is Cc1cc(Sc2ccccc2N)ccn1. The van der Waals surface area contributed by atoms with Crippen molar-refractivity contribution >= 4 is 17.4 Å². The van der Waals surface area contributed by atoms with E-state index < -0.39 is 0 Å². The summed E-state index contributed by atoms with van der Waals surface area (Å²) in [6.45, 7) is 1.98. The Morgan fingerprint density at radius 3 is 2.73 bits per heavy atom. The first-order valence-corrected chi connectivity index (χ1v) is 5.52. The molecule has 2 aromatic rings. The molecule has 0 bridgehead atoms. The fourth-order valence-electron chi connectivity index (χ4n) is 1.28. The van der Waals surface area contributed by atoms with E-state index in [0.29, 0.717) is 0 Å². The fourth-order valence-corrected chi connectivity index (χ4v) is 2.23. The molecule has 0 radical (unpaired) electrons. The van der Waals surface area contributed by atoms with E-state index in [1.54, 1.807) is 11.8 Å². The summed E-state index contributed by atoms with van der Waals surface area (Å²) in [7, 11) is 0. The standard InChI is InChI=1S/C12H12N2S/c1-9-8-10(6-7-14-9)15-12-5-3-2-4-11(12)13/h2-8H,13H2,1H3. The zero-order chi connectivity index (χ0) is 10.7. The number of benzene rings is 1. The molecule has 3 heteroatoms. The van der Waals surface area contributed by atoms with E-state index in [0.717, 1.165) is 16.3 Å². The molecule has 0 fully saturated rings. The lowest BCUT2D eigenvalue weighted by atomic mass is 10.3. The second-order valence-electron chi connectivity index (χ2n) is 3.27. The van der Waals surface area contributed by atoms with Crippen molar-refractivity contribution in [3.05, 3.63) is 48.3 Å². The first-order valence-electron chi connectivity index (χ1n) is 4.71. The normalized spacial score (nSPS) is 10.2. The maximum atomic E-state index is 5.87. The van der Waals surface area contributed by atoms with Crippen molar-refractivity contribution in [3.8, 4) is 0 Å². The highest BCUT2D eigenvalue weighted by Crippen LogP contribution is 2.31. The van der Waals surface area contributed by atoms with Gasteiger partial charge in [-0.15, -0.1) is 0 Å². The van der Waals surface area contributed by atoms with E-state index in [-0.39, 0.29) is 0 Å². The summed E-state index contributed by atoms with van der Waals surface area (Å²) in [5.41, 5.74) is 7.71. The van der Waals surface area contributed by atoms with E-state index in [1.807, 2.05) is 43.5 Å². The number of nitrogens with zero attached hydrogens (tertiary/aromatic N) is 1. The minimum absolute atomic E-state index is 0.817. The van der Waals surface area contributed by atoms with Gasteiger partial charge in [0.15, 0.2) is 0 Å². The van der Waals surface area contributed by atoms with Gasteiger partial charge in [-0.2, -0.15) is 0 Å². The highest BCUT2D eigenvalue weighted by molar-refractivity contribution is 7.99. The molecule has 0 aliphatic rings. The lowest BCUT2D eigenvalue weighted by Crippen LogP contribution is -1.87. The minimum Gasteiger partial charge on any atom is -0.398 e. The number of aryl methyl sites for hydroxylation is 1. The number of hydrogen-bond acceptors (Lipinski definition) is 3. The van der Waals surface area contributed by atoms with Gasteiger partial charge >= 0.3 is 0 Å². The highest BCUT2D eigenvalue weighted by Gasteiger charge is 2.00. The van der Waals surface area contributed by atoms with Crippen LogP contribution in [0.25, 0.3) is 0 Å². The third-order valence-corrected chi connectivity index (χ3v) is 3.10. The number of pyridine rings is 1. The van der Waals surface area contributed by atoms with Crippen molar-refractivity contribution in [1.29, 1.82) is 0 Å². The molecule has 2 rings (SSSR count). The van der Waals surface area contributed by atoms with Gasteiger partial charge in [0.2, 0.25) is 0 Å². The molecule has 15 heavy (non-hydrogen) atoms. The average molecular weight is 216 g/mol. The number of para-hydroxylation sites is 1. The molecule has 0 saturated carbocycles. The van der Waals surface area contributed by atoms with Crippen molar-refractivity contribution in [1.82, 2.24) is 4.98 Å². The molecule has 2 nitrogen and oxygen atoms in total. The molecule has 0 aliphatic heterocycles. The van der Waals surface area contributed by atoms with E-state index in [9.17, 15) is 0 Å². The quantitative estimate of drug-likeness (QED) is 0.784. The van der Waals surface area contributed by atoms with E-state index in [4.69, 9.17) is 5.73 Å². The van der Waals surface area contributed by atoms with Crippen molar-refractivity contribution in [3.63, 3.8) is 0 Å². The van der Waals surface area contributed by atoms with Crippen LogP contribution in [0.3, 0.4) is 0 Å². The van der Waals surface area contributed by atoms with Gasteiger partial charge in [-0.3, -0.25) is 4.98 Å². The topological polar surface area (TPSA) is 38.9 Å². The number of rotatable bonds is 2. The Kier molecular flexibility index (Phi) is 2.92. The van der Waals surface area contributed by atoms with Crippen molar-refractivity contribution in [2.75, 3.05) is 5.73 Å². The number of anilines is 1. The molecule has 0 amide bonds. The van der Waals surface area contributed by atoms with Crippen LogP contribution in [0.1, 0.15) is 5.69 Å². The van der Waals surface area contributed by atoms with Crippen LogP contribution in [0.2, 0.25) is 0 Å². The van der Waals surface area contributed by atoms with Crippen LogP contribution in [-0.2, 0) is 0 Å². The van der Waals surface area contributed by atoms with Crippen LogP contribution in [0, 0.1) is 6.92 Å². The molecule has 1 aromatic heterocycles. The fraction of sp³-hybridized carbons (Fsp3) is 0.0833. The van der Waals surface area contributed by atoms with Crippen LogP contribution >= 0.6 is 11.8 Å². The first-order chi connectivity index (χ1) is 7.25. The zero-order valence-corrected chi connectivity index (χ0v) is 9.29. The Morgan fingerprint density at radius 2 is 2.00 bits per heavy atom. The first kappa shape index (κ1) is 10.1. The van der Waals surface area contributed by atoms with Crippen molar-refractivity contribution in [2.45, 2.75) is 16.7 Å². The molecule has 0 aliphatic carbocycles. The number of aromatic nitrogens is 1. The molecule has 0 atom stereocenters. The lowest BCUT2D eigenvalue weighted by molar-refractivity contribution is 1.16. The zero-order valence-electron chi connectivity index (χ0n) is 8.47. The van der Waals surface area contributed by atoms with Crippen LogP contribution in [0.15, 0.2) is 52.4 Å². The predicted octanol–water partition coefficient (Wildman–Crippen LogP) is 3.12. The van der Waals surface area contributed by atoms with Crippen molar-refractivity contribution < 1.29 is 0 Å². The van der Waals surface area contributed by atoms with Gasteiger partial charge in [0.1, 0.15) is 0 Å². The van der Waals surface area contributed by atoms with Gasteiger partial charge in [-0.1, -0.05) is 23.9 Å². The summed E-state index contributed by atoms with van der Waals surface area (Å²) in [6.07, 6.45) is 1.82. The van der Waals surface area contributed by atoms with E-state index in [1.165, 1.54) is 4.90 Å². The van der Waals surface area contributed by atoms with E-state index >= 15 is 0 Å². The Bertz CT molecular complexity index is 469. The Balaban J connectivity index is 2.26. The van der Waals surface area contributed by atoms with Gasteiger partial charge < -0.3 is 5.73 Å². The number of hydrogen-bond donors (Lipinski definition) is 1. The second kappa shape index (κ2) is 4.36. The molecular formula is C12H12N2S. The molecule has 0 saturated heterocycles. The number of nitrogens with two attached hydrogens (primary N) is 1. The molecule has 0 spiro atoms. The van der Waals surface area contributed by atoms with Crippen LogP contribution in [-0.4, -0.2) is 4.98 Å². The largest absolute Gasteiger partial charge is 0.398 e. The number of nitrogen functional groups attached to an aromatic ring is 1. The molecule has 0 unspecified atom stereocenters.